The fraction of sp³-hybridized carbons (Fsp3) is 0. The lowest BCUT2D eigenvalue weighted by molar-refractivity contribution is 1.64. The van der Waals surface area contributed by atoms with Crippen molar-refractivity contribution in [2.75, 3.05) is 0 Å². The van der Waals surface area contributed by atoms with Gasteiger partial charge >= 0.3 is 0 Å². The highest BCUT2D eigenvalue weighted by Gasteiger charge is 1.96. The predicted octanol–water partition coefficient (Wildman–Crippen LogP) is 4.42. The van der Waals surface area contributed by atoms with Crippen LogP contribution in [-0.4, -0.2) is 0 Å². The molecule has 0 bridgehead atoms. The van der Waals surface area contributed by atoms with Gasteiger partial charge in [-0.1, -0.05) is 72.3 Å². The molecule has 15 heavy (non-hydrogen) atoms. The highest BCUT2D eigenvalue weighted by Crippen LogP contribution is 2.21. The zero-order valence-electron chi connectivity index (χ0n) is 8.23. The summed E-state index contributed by atoms with van der Waals surface area (Å²) >= 11 is 6.20. The lowest BCUT2D eigenvalue weighted by atomic mass is 10.1. The SMILES string of the molecule is Cl/C(=C\c1ccccc1)c1ccccc1. The van der Waals surface area contributed by atoms with Gasteiger partial charge in [0.1, 0.15) is 0 Å². The van der Waals surface area contributed by atoms with Gasteiger partial charge in [0.25, 0.3) is 0 Å². The van der Waals surface area contributed by atoms with Gasteiger partial charge in [-0.15, -0.1) is 0 Å². The fourth-order valence-corrected chi connectivity index (χ4v) is 1.63. The van der Waals surface area contributed by atoms with Crippen LogP contribution in [0.2, 0.25) is 0 Å². The molecule has 0 unspecified atom stereocenters. The molecule has 0 atom stereocenters. The monoisotopic (exact) mass is 214 g/mol. The third kappa shape index (κ3) is 2.71. The van der Waals surface area contributed by atoms with Crippen LogP contribution in [0.3, 0.4) is 0 Å². The van der Waals surface area contributed by atoms with Gasteiger partial charge in [-0.05, 0) is 17.2 Å². The molecule has 0 nitrogen and oxygen atoms in total. The second-order valence-corrected chi connectivity index (χ2v) is 3.68. The summed E-state index contributed by atoms with van der Waals surface area (Å²) in [5.74, 6) is 0. The van der Waals surface area contributed by atoms with Gasteiger partial charge in [0.2, 0.25) is 0 Å². The van der Waals surface area contributed by atoms with Crippen molar-refractivity contribution in [1.82, 2.24) is 0 Å². The molecule has 2 aromatic rings. The van der Waals surface area contributed by atoms with Crippen LogP contribution in [0.25, 0.3) is 11.1 Å². The van der Waals surface area contributed by atoms with E-state index in [0.717, 1.165) is 16.2 Å². The number of hydrogen-bond acceptors (Lipinski definition) is 0. The van der Waals surface area contributed by atoms with E-state index in [9.17, 15) is 0 Å². The normalized spacial score (nSPS) is 11.4. The zero-order chi connectivity index (χ0) is 10.5. The zero-order valence-corrected chi connectivity index (χ0v) is 8.98. The van der Waals surface area contributed by atoms with E-state index in [-0.39, 0.29) is 0 Å². The van der Waals surface area contributed by atoms with Gasteiger partial charge in [-0.2, -0.15) is 0 Å². The summed E-state index contributed by atoms with van der Waals surface area (Å²) in [6, 6.07) is 20.0. The first-order valence-corrected chi connectivity index (χ1v) is 5.22. The Morgan fingerprint density at radius 2 is 1.33 bits per heavy atom. The standard InChI is InChI=1S/C14H11Cl/c15-14(13-9-5-2-6-10-13)11-12-7-3-1-4-8-12/h1-11H/b14-11-. The van der Waals surface area contributed by atoms with Crippen molar-refractivity contribution in [1.29, 1.82) is 0 Å². The molecule has 2 rings (SSSR count). The largest absolute Gasteiger partial charge is 0.0837 e. The van der Waals surface area contributed by atoms with E-state index in [4.69, 9.17) is 11.6 Å². The molecule has 0 N–H and O–H groups in total. The van der Waals surface area contributed by atoms with Crippen LogP contribution in [0.5, 0.6) is 0 Å². The van der Waals surface area contributed by atoms with Gasteiger partial charge in [-0.25, -0.2) is 0 Å². The first-order chi connectivity index (χ1) is 7.36. The molecule has 0 radical (unpaired) electrons. The lowest BCUT2D eigenvalue weighted by Gasteiger charge is -1.98. The minimum absolute atomic E-state index is 0.766. The number of hydrogen-bond donors (Lipinski definition) is 0. The molecule has 0 fully saturated rings. The summed E-state index contributed by atoms with van der Waals surface area (Å²) in [7, 11) is 0. The fourth-order valence-electron chi connectivity index (χ4n) is 1.38. The molecule has 0 amide bonds. The van der Waals surface area contributed by atoms with E-state index in [1.165, 1.54) is 0 Å². The molecule has 0 aliphatic rings. The molecule has 74 valence electrons. The second kappa shape index (κ2) is 4.81. The molecule has 0 saturated heterocycles. The average Bonchev–Trinajstić information content (AvgIpc) is 2.31. The van der Waals surface area contributed by atoms with Crippen molar-refractivity contribution >= 4 is 22.7 Å². The van der Waals surface area contributed by atoms with Gasteiger partial charge < -0.3 is 0 Å². The van der Waals surface area contributed by atoms with E-state index >= 15 is 0 Å². The highest BCUT2D eigenvalue weighted by atomic mass is 35.5. The second-order valence-electron chi connectivity index (χ2n) is 3.27. The number of benzene rings is 2. The van der Waals surface area contributed by atoms with Crippen molar-refractivity contribution in [3.8, 4) is 0 Å². The van der Waals surface area contributed by atoms with Gasteiger partial charge in [0.05, 0.1) is 0 Å². The van der Waals surface area contributed by atoms with E-state index in [2.05, 4.69) is 0 Å². The highest BCUT2D eigenvalue weighted by molar-refractivity contribution is 6.51. The molecule has 0 aliphatic heterocycles. The van der Waals surface area contributed by atoms with Gasteiger partial charge in [0, 0.05) is 5.03 Å². The first kappa shape index (κ1) is 10.0. The van der Waals surface area contributed by atoms with Crippen LogP contribution in [0.1, 0.15) is 11.1 Å². The Morgan fingerprint density at radius 3 is 1.93 bits per heavy atom. The van der Waals surface area contributed by atoms with Gasteiger partial charge in [0.15, 0.2) is 0 Å². The Labute approximate surface area is 94.8 Å². The summed E-state index contributed by atoms with van der Waals surface area (Å²) in [5.41, 5.74) is 2.16. The van der Waals surface area contributed by atoms with E-state index in [0.29, 0.717) is 0 Å². The maximum atomic E-state index is 6.20. The van der Waals surface area contributed by atoms with Crippen LogP contribution in [0.4, 0.5) is 0 Å². The number of halogens is 1. The molecule has 0 aliphatic carbocycles. The quantitative estimate of drug-likeness (QED) is 0.649. The third-order valence-electron chi connectivity index (χ3n) is 2.14. The van der Waals surface area contributed by atoms with Crippen molar-refractivity contribution in [3.63, 3.8) is 0 Å². The molecule has 0 spiro atoms. The molecule has 0 heterocycles. The number of rotatable bonds is 2. The smallest absolute Gasteiger partial charge is 0.0484 e. The van der Waals surface area contributed by atoms with Gasteiger partial charge in [-0.3, -0.25) is 0 Å². The minimum atomic E-state index is 0.766. The van der Waals surface area contributed by atoms with Crippen LogP contribution in [-0.2, 0) is 0 Å². The van der Waals surface area contributed by atoms with Crippen molar-refractivity contribution in [2.24, 2.45) is 0 Å². The Morgan fingerprint density at radius 1 is 0.800 bits per heavy atom. The van der Waals surface area contributed by atoms with Crippen LogP contribution in [0.15, 0.2) is 60.7 Å². The Hall–Kier alpha value is -1.53. The molecule has 0 aromatic heterocycles. The summed E-state index contributed by atoms with van der Waals surface area (Å²) < 4.78 is 0. The Bertz CT molecular complexity index is 443. The molecule has 2 aromatic carbocycles. The summed E-state index contributed by atoms with van der Waals surface area (Å²) in [6.45, 7) is 0. The van der Waals surface area contributed by atoms with Crippen LogP contribution in [0, 0.1) is 0 Å². The van der Waals surface area contributed by atoms with Crippen molar-refractivity contribution in [3.05, 3.63) is 71.8 Å². The van der Waals surface area contributed by atoms with Crippen LogP contribution < -0.4 is 0 Å². The molecule has 1 heteroatoms. The lowest BCUT2D eigenvalue weighted by Crippen LogP contribution is -1.76. The first-order valence-electron chi connectivity index (χ1n) is 4.84. The topological polar surface area (TPSA) is 0 Å². The van der Waals surface area contributed by atoms with E-state index in [1.807, 2.05) is 66.7 Å². The summed E-state index contributed by atoms with van der Waals surface area (Å²) in [6.07, 6.45) is 1.97. The Balaban J connectivity index is 2.29. The van der Waals surface area contributed by atoms with E-state index < -0.39 is 0 Å². The molecular weight excluding hydrogens is 204 g/mol. The minimum Gasteiger partial charge on any atom is -0.0837 e. The van der Waals surface area contributed by atoms with Crippen LogP contribution >= 0.6 is 11.6 Å². The van der Waals surface area contributed by atoms with E-state index in [1.54, 1.807) is 0 Å². The van der Waals surface area contributed by atoms with Crippen molar-refractivity contribution < 1.29 is 0 Å². The summed E-state index contributed by atoms with van der Waals surface area (Å²) in [5, 5.41) is 0.766. The predicted molar refractivity (Wildman–Crippen MR) is 66.6 cm³/mol. The molecular formula is C14H11Cl. The average molecular weight is 215 g/mol. The maximum absolute atomic E-state index is 6.20. The Kier molecular flexibility index (Phi) is 3.21. The summed E-state index contributed by atoms with van der Waals surface area (Å²) in [4.78, 5) is 0. The third-order valence-corrected chi connectivity index (χ3v) is 2.47. The van der Waals surface area contributed by atoms with Crippen molar-refractivity contribution in [2.45, 2.75) is 0 Å². The maximum Gasteiger partial charge on any atom is 0.0484 e. The molecule has 0 saturated carbocycles.